The smallest absolute Gasteiger partial charge is 0.272 e. The van der Waals surface area contributed by atoms with Gasteiger partial charge >= 0.3 is 0 Å². The third-order valence-corrected chi connectivity index (χ3v) is 5.74. The summed E-state index contributed by atoms with van der Waals surface area (Å²) in [6.45, 7) is 4.33. The molecule has 150 valence electrons. The van der Waals surface area contributed by atoms with E-state index in [2.05, 4.69) is 9.97 Å². The van der Waals surface area contributed by atoms with E-state index in [1.54, 1.807) is 6.20 Å². The molecule has 0 aliphatic carbocycles. The Morgan fingerprint density at radius 3 is 3.03 bits per heavy atom. The number of ether oxygens (including phenoxy) is 2. The van der Waals surface area contributed by atoms with Crippen molar-refractivity contribution < 1.29 is 14.3 Å². The van der Waals surface area contributed by atoms with Crippen molar-refractivity contribution in [3.63, 3.8) is 0 Å². The molecule has 3 aromatic heterocycles. The maximum absolute atomic E-state index is 12.9. The molecule has 5 rings (SSSR count). The normalized spacial score (nSPS) is 20.7. The first-order valence-corrected chi connectivity index (χ1v) is 10.0. The fourth-order valence-corrected chi connectivity index (χ4v) is 4.27. The highest BCUT2D eigenvalue weighted by molar-refractivity contribution is 5.94. The van der Waals surface area contributed by atoms with Gasteiger partial charge in [0.25, 0.3) is 5.91 Å². The third kappa shape index (κ3) is 3.52. The van der Waals surface area contributed by atoms with Gasteiger partial charge in [0.2, 0.25) is 0 Å². The number of amides is 1. The molecule has 2 fully saturated rings. The molecule has 2 saturated heterocycles. The van der Waals surface area contributed by atoms with Crippen molar-refractivity contribution in [3.8, 4) is 0 Å². The standard InChI is InChI=1S/C22H24N4O3/c1-16-5-4-6-17(24-16)13-28-18-8-10-29-22(11-18)14-25(15-22)21(27)19-12-23-20-7-2-3-9-26(19)20/h2-7,9,12,18H,8,10-11,13-15H2,1H3/t18-/m1/s1. The molecule has 1 atom stereocenters. The molecule has 0 unspecified atom stereocenters. The summed E-state index contributed by atoms with van der Waals surface area (Å²) in [6.07, 6.45) is 5.31. The van der Waals surface area contributed by atoms with Crippen LogP contribution in [-0.4, -0.2) is 56.6 Å². The van der Waals surface area contributed by atoms with Gasteiger partial charge in [0.1, 0.15) is 16.9 Å². The van der Waals surface area contributed by atoms with Gasteiger partial charge in [-0.2, -0.15) is 0 Å². The first-order valence-electron chi connectivity index (χ1n) is 10.0. The topological polar surface area (TPSA) is 69.0 Å². The zero-order chi connectivity index (χ0) is 19.8. The number of hydrogen-bond acceptors (Lipinski definition) is 5. The second kappa shape index (κ2) is 7.24. The largest absolute Gasteiger partial charge is 0.372 e. The van der Waals surface area contributed by atoms with E-state index in [4.69, 9.17) is 9.47 Å². The quantitative estimate of drug-likeness (QED) is 0.683. The van der Waals surface area contributed by atoms with E-state index in [1.807, 2.05) is 58.8 Å². The van der Waals surface area contributed by atoms with Crippen molar-refractivity contribution in [2.45, 2.75) is 38.1 Å². The van der Waals surface area contributed by atoms with Crippen LogP contribution in [0, 0.1) is 6.92 Å². The maximum Gasteiger partial charge on any atom is 0.272 e. The van der Waals surface area contributed by atoms with Crippen LogP contribution < -0.4 is 0 Å². The van der Waals surface area contributed by atoms with E-state index in [1.165, 1.54) is 0 Å². The van der Waals surface area contributed by atoms with Gasteiger partial charge in [-0.25, -0.2) is 4.98 Å². The Balaban J connectivity index is 1.20. The van der Waals surface area contributed by atoms with Gasteiger partial charge in [-0.05, 0) is 37.6 Å². The fraction of sp³-hybridized carbons (Fsp3) is 0.409. The lowest BCUT2D eigenvalue weighted by molar-refractivity contribution is -0.188. The first-order chi connectivity index (χ1) is 14.1. The van der Waals surface area contributed by atoms with Gasteiger partial charge in [0.15, 0.2) is 0 Å². The predicted octanol–water partition coefficient (Wildman–Crippen LogP) is 2.63. The van der Waals surface area contributed by atoms with E-state index >= 15 is 0 Å². The molecule has 2 aliphatic rings. The summed E-state index contributed by atoms with van der Waals surface area (Å²) in [5.41, 5.74) is 3.01. The first kappa shape index (κ1) is 18.3. The van der Waals surface area contributed by atoms with Crippen LogP contribution in [0.4, 0.5) is 0 Å². The zero-order valence-electron chi connectivity index (χ0n) is 16.5. The molecule has 0 bridgehead atoms. The van der Waals surface area contributed by atoms with Gasteiger partial charge in [0, 0.05) is 24.9 Å². The Hall–Kier alpha value is -2.77. The summed E-state index contributed by atoms with van der Waals surface area (Å²) in [7, 11) is 0. The number of rotatable bonds is 4. The summed E-state index contributed by atoms with van der Waals surface area (Å²) >= 11 is 0. The average molecular weight is 392 g/mol. The molecule has 1 spiro atoms. The third-order valence-electron chi connectivity index (χ3n) is 5.74. The number of pyridine rings is 2. The molecular formula is C22H24N4O3. The highest BCUT2D eigenvalue weighted by Gasteiger charge is 2.50. The van der Waals surface area contributed by atoms with E-state index in [-0.39, 0.29) is 17.6 Å². The van der Waals surface area contributed by atoms with E-state index in [0.29, 0.717) is 32.0 Å². The van der Waals surface area contributed by atoms with Crippen LogP contribution in [0.1, 0.15) is 34.7 Å². The summed E-state index contributed by atoms with van der Waals surface area (Å²) in [4.78, 5) is 23.6. The summed E-state index contributed by atoms with van der Waals surface area (Å²) in [6, 6.07) is 11.7. The Morgan fingerprint density at radius 1 is 1.28 bits per heavy atom. The highest BCUT2D eigenvalue weighted by atomic mass is 16.5. The maximum atomic E-state index is 12.9. The molecule has 3 aromatic rings. The van der Waals surface area contributed by atoms with E-state index in [9.17, 15) is 4.79 Å². The lowest BCUT2D eigenvalue weighted by atomic mass is 9.84. The van der Waals surface area contributed by atoms with Crippen LogP contribution >= 0.6 is 0 Å². The number of carbonyl (C=O) groups excluding carboxylic acids is 1. The van der Waals surface area contributed by atoms with E-state index in [0.717, 1.165) is 29.9 Å². The summed E-state index contributed by atoms with van der Waals surface area (Å²) in [5.74, 6) is -0.00933. The minimum absolute atomic E-state index is 0.00933. The van der Waals surface area contributed by atoms with Crippen LogP contribution in [0.3, 0.4) is 0 Å². The molecule has 0 saturated carbocycles. The number of likely N-dealkylation sites (tertiary alicyclic amines) is 1. The van der Waals surface area contributed by atoms with Gasteiger partial charge < -0.3 is 14.4 Å². The predicted molar refractivity (Wildman–Crippen MR) is 107 cm³/mol. The van der Waals surface area contributed by atoms with Gasteiger partial charge in [-0.15, -0.1) is 0 Å². The SMILES string of the molecule is Cc1cccc(CO[C@@H]2CCOC3(C2)CN(C(=O)c2cnc4ccccn24)C3)n1. The lowest BCUT2D eigenvalue weighted by Crippen LogP contribution is -2.67. The van der Waals surface area contributed by atoms with Crippen LogP contribution in [0.15, 0.2) is 48.8 Å². The minimum Gasteiger partial charge on any atom is -0.372 e. The van der Waals surface area contributed by atoms with Gasteiger partial charge in [-0.1, -0.05) is 12.1 Å². The molecule has 0 N–H and O–H groups in total. The van der Waals surface area contributed by atoms with Crippen LogP contribution in [0.25, 0.3) is 5.65 Å². The van der Waals surface area contributed by atoms with Gasteiger partial charge in [-0.3, -0.25) is 14.2 Å². The van der Waals surface area contributed by atoms with Crippen LogP contribution in [0.2, 0.25) is 0 Å². The highest BCUT2D eigenvalue weighted by Crippen LogP contribution is 2.36. The molecule has 7 heteroatoms. The second-order valence-electron chi connectivity index (χ2n) is 7.96. The Bertz CT molecular complexity index is 1040. The molecule has 2 aliphatic heterocycles. The number of aromatic nitrogens is 3. The van der Waals surface area contributed by atoms with Crippen LogP contribution in [-0.2, 0) is 16.1 Å². The monoisotopic (exact) mass is 392 g/mol. The second-order valence-corrected chi connectivity index (χ2v) is 7.96. The molecule has 7 nitrogen and oxygen atoms in total. The van der Waals surface area contributed by atoms with Crippen LogP contribution in [0.5, 0.6) is 0 Å². The molecule has 5 heterocycles. The van der Waals surface area contributed by atoms with Crippen molar-refractivity contribution in [3.05, 3.63) is 65.9 Å². The van der Waals surface area contributed by atoms with Crippen molar-refractivity contribution >= 4 is 11.6 Å². The van der Waals surface area contributed by atoms with Crippen molar-refractivity contribution in [2.24, 2.45) is 0 Å². The van der Waals surface area contributed by atoms with Crippen molar-refractivity contribution in [1.29, 1.82) is 0 Å². The molecule has 29 heavy (non-hydrogen) atoms. The van der Waals surface area contributed by atoms with Crippen molar-refractivity contribution in [2.75, 3.05) is 19.7 Å². The Morgan fingerprint density at radius 2 is 2.17 bits per heavy atom. The minimum atomic E-state index is -0.293. The number of imidazole rings is 1. The number of nitrogens with zero attached hydrogens (tertiary/aromatic N) is 4. The fourth-order valence-electron chi connectivity index (χ4n) is 4.27. The number of hydrogen-bond donors (Lipinski definition) is 0. The Kier molecular flexibility index (Phi) is 4.56. The average Bonchev–Trinajstić information content (AvgIpc) is 3.14. The molecule has 0 aromatic carbocycles. The number of fused-ring (bicyclic) bond motifs is 1. The lowest BCUT2D eigenvalue weighted by Gasteiger charge is -2.52. The number of carbonyl (C=O) groups is 1. The number of aryl methyl sites for hydroxylation is 1. The van der Waals surface area contributed by atoms with Crippen molar-refractivity contribution in [1.82, 2.24) is 19.3 Å². The summed E-state index contributed by atoms with van der Waals surface area (Å²) in [5, 5.41) is 0. The molecule has 0 radical (unpaired) electrons. The molecule has 1 amide bonds. The van der Waals surface area contributed by atoms with E-state index < -0.39 is 0 Å². The zero-order valence-corrected chi connectivity index (χ0v) is 16.5. The summed E-state index contributed by atoms with van der Waals surface area (Å²) < 4.78 is 14.0. The van der Waals surface area contributed by atoms with Gasteiger partial charge in [0.05, 0.1) is 37.7 Å². The molecular weight excluding hydrogens is 368 g/mol. The Labute approximate surface area is 169 Å².